The lowest BCUT2D eigenvalue weighted by atomic mass is 9.62. The van der Waals surface area contributed by atoms with Crippen LogP contribution in [-0.4, -0.2) is 10.8 Å². The van der Waals surface area contributed by atoms with E-state index in [1.807, 2.05) is 12.1 Å². The molecule has 1 aromatic heterocycles. The van der Waals surface area contributed by atoms with Gasteiger partial charge in [-0.05, 0) is 49.1 Å². The smallest absolute Gasteiger partial charge is 0.187 e. The molecule has 1 saturated carbocycles. The van der Waals surface area contributed by atoms with Gasteiger partial charge in [0.05, 0.1) is 0 Å². The first kappa shape index (κ1) is 13.0. The number of nitrogens with zero attached hydrogens (tertiary/aromatic N) is 1. The third-order valence-electron chi connectivity index (χ3n) is 4.12. The molecule has 3 rings (SSSR count). The average Bonchev–Trinajstić information content (AvgIpc) is 2.43. The molecule has 20 heavy (non-hydrogen) atoms. The van der Waals surface area contributed by atoms with E-state index in [0.29, 0.717) is 12.1 Å². The molecule has 0 N–H and O–H groups in total. The Bertz CT molecular complexity index is 620. The van der Waals surface area contributed by atoms with E-state index >= 15 is 0 Å². The van der Waals surface area contributed by atoms with Crippen molar-refractivity contribution in [3.8, 4) is 0 Å². The highest BCUT2D eigenvalue weighted by molar-refractivity contribution is 5.99. The van der Waals surface area contributed by atoms with Crippen LogP contribution in [-0.2, 0) is 6.42 Å². The summed E-state index contributed by atoms with van der Waals surface area (Å²) in [6.07, 6.45) is 5.01. The van der Waals surface area contributed by atoms with Crippen LogP contribution in [0, 0.1) is 11.2 Å². The van der Waals surface area contributed by atoms with Gasteiger partial charge in [-0.25, -0.2) is 4.39 Å². The Morgan fingerprint density at radius 1 is 1.20 bits per heavy atom. The fraction of sp³-hybridized carbons (Fsp3) is 0.294. The number of Topliss-reactive ketones (excluding diaryl/α,β-unsaturated/α-hetero) is 1. The Morgan fingerprint density at radius 3 is 2.65 bits per heavy atom. The van der Waals surface area contributed by atoms with Gasteiger partial charge in [0.1, 0.15) is 11.5 Å². The monoisotopic (exact) mass is 269 g/mol. The number of aromatic nitrogens is 1. The van der Waals surface area contributed by atoms with Crippen LogP contribution < -0.4 is 0 Å². The van der Waals surface area contributed by atoms with E-state index in [1.165, 1.54) is 12.1 Å². The van der Waals surface area contributed by atoms with Crippen molar-refractivity contribution in [2.45, 2.75) is 25.7 Å². The van der Waals surface area contributed by atoms with Gasteiger partial charge < -0.3 is 0 Å². The van der Waals surface area contributed by atoms with Gasteiger partial charge in [-0.2, -0.15) is 0 Å². The molecule has 0 saturated heterocycles. The minimum atomic E-state index is -0.387. The molecule has 2 aromatic rings. The van der Waals surface area contributed by atoms with E-state index in [-0.39, 0.29) is 17.0 Å². The van der Waals surface area contributed by atoms with E-state index in [4.69, 9.17) is 0 Å². The lowest BCUT2D eigenvalue weighted by Gasteiger charge is -2.40. The van der Waals surface area contributed by atoms with Gasteiger partial charge >= 0.3 is 0 Å². The topological polar surface area (TPSA) is 30.0 Å². The molecule has 1 aromatic carbocycles. The molecule has 2 nitrogen and oxygen atoms in total. The fourth-order valence-corrected chi connectivity index (χ4v) is 2.89. The fourth-order valence-electron chi connectivity index (χ4n) is 2.89. The number of ketones is 1. The third kappa shape index (κ3) is 2.36. The van der Waals surface area contributed by atoms with Crippen molar-refractivity contribution in [3.05, 3.63) is 65.7 Å². The first-order valence-corrected chi connectivity index (χ1v) is 6.90. The molecule has 0 spiro atoms. The van der Waals surface area contributed by atoms with Gasteiger partial charge in [0.15, 0.2) is 5.78 Å². The average molecular weight is 269 g/mol. The van der Waals surface area contributed by atoms with Crippen molar-refractivity contribution >= 4 is 5.78 Å². The summed E-state index contributed by atoms with van der Waals surface area (Å²) in [5, 5.41) is 0. The Balaban J connectivity index is 1.86. The van der Waals surface area contributed by atoms with Crippen LogP contribution in [0.5, 0.6) is 0 Å². The number of pyridine rings is 1. The van der Waals surface area contributed by atoms with Crippen molar-refractivity contribution < 1.29 is 9.18 Å². The highest BCUT2D eigenvalue weighted by Gasteiger charge is 2.44. The Morgan fingerprint density at radius 2 is 2.05 bits per heavy atom. The van der Waals surface area contributed by atoms with Gasteiger partial charge in [0.25, 0.3) is 0 Å². The Hall–Kier alpha value is -2.03. The summed E-state index contributed by atoms with van der Waals surface area (Å²) in [6.45, 7) is 0. The SMILES string of the molecule is O=C(c1ccccn1)C1(Cc2cccc(F)c2)CCC1. The summed E-state index contributed by atoms with van der Waals surface area (Å²) in [6, 6.07) is 11.9. The second-order valence-corrected chi connectivity index (χ2v) is 5.48. The molecule has 1 aliphatic carbocycles. The van der Waals surface area contributed by atoms with Crippen LogP contribution >= 0.6 is 0 Å². The number of carbonyl (C=O) groups is 1. The second-order valence-electron chi connectivity index (χ2n) is 5.48. The van der Waals surface area contributed by atoms with Crippen molar-refractivity contribution in [2.24, 2.45) is 5.41 Å². The highest BCUT2D eigenvalue weighted by atomic mass is 19.1. The largest absolute Gasteiger partial charge is 0.292 e. The van der Waals surface area contributed by atoms with Crippen LogP contribution in [0.3, 0.4) is 0 Å². The number of halogens is 1. The lowest BCUT2D eigenvalue weighted by Crippen LogP contribution is -2.40. The van der Waals surface area contributed by atoms with Crippen molar-refractivity contribution in [1.29, 1.82) is 0 Å². The molecule has 1 fully saturated rings. The summed E-state index contributed by atoms with van der Waals surface area (Å²) in [4.78, 5) is 16.8. The summed E-state index contributed by atoms with van der Waals surface area (Å²) in [7, 11) is 0. The minimum Gasteiger partial charge on any atom is -0.292 e. The van der Waals surface area contributed by atoms with Crippen molar-refractivity contribution in [1.82, 2.24) is 4.98 Å². The van der Waals surface area contributed by atoms with Crippen LogP contribution in [0.25, 0.3) is 0 Å². The number of benzene rings is 1. The molecule has 0 bridgehead atoms. The van der Waals surface area contributed by atoms with E-state index in [1.54, 1.807) is 24.4 Å². The van der Waals surface area contributed by atoms with E-state index in [2.05, 4.69) is 4.98 Å². The molecule has 0 aliphatic heterocycles. The van der Waals surface area contributed by atoms with Gasteiger partial charge in [0.2, 0.25) is 0 Å². The second kappa shape index (κ2) is 5.16. The maximum absolute atomic E-state index is 13.3. The lowest BCUT2D eigenvalue weighted by molar-refractivity contribution is 0.0603. The molecule has 1 aliphatic rings. The van der Waals surface area contributed by atoms with Crippen molar-refractivity contribution in [2.75, 3.05) is 0 Å². The third-order valence-corrected chi connectivity index (χ3v) is 4.12. The Kier molecular flexibility index (Phi) is 3.35. The zero-order valence-corrected chi connectivity index (χ0v) is 11.2. The summed E-state index contributed by atoms with van der Waals surface area (Å²) in [5.41, 5.74) is 1.01. The van der Waals surface area contributed by atoms with Crippen molar-refractivity contribution in [3.63, 3.8) is 0 Å². The zero-order valence-electron chi connectivity index (χ0n) is 11.2. The molecular weight excluding hydrogens is 253 g/mol. The quantitative estimate of drug-likeness (QED) is 0.790. The Labute approximate surface area is 117 Å². The van der Waals surface area contributed by atoms with Gasteiger partial charge in [-0.3, -0.25) is 9.78 Å². The van der Waals surface area contributed by atoms with Crippen LogP contribution in [0.15, 0.2) is 48.7 Å². The van der Waals surface area contributed by atoms with Gasteiger partial charge in [-0.1, -0.05) is 24.6 Å². The van der Waals surface area contributed by atoms with E-state index in [0.717, 1.165) is 24.8 Å². The predicted octanol–water partition coefficient (Wildman–Crippen LogP) is 3.82. The normalized spacial score (nSPS) is 16.4. The first-order chi connectivity index (χ1) is 9.70. The van der Waals surface area contributed by atoms with E-state index in [9.17, 15) is 9.18 Å². The molecule has 1 heterocycles. The molecule has 102 valence electrons. The van der Waals surface area contributed by atoms with Gasteiger partial charge in [0, 0.05) is 11.6 Å². The van der Waals surface area contributed by atoms with E-state index < -0.39 is 0 Å². The minimum absolute atomic E-state index is 0.0913. The summed E-state index contributed by atoms with van der Waals surface area (Å²) in [5.74, 6) is -0.157. The predicted molar refractivity (Wildman–Crippen MR) is 75.0 cm³/mol. The number of hydrogen-bond acceptors (Lipinski definition) is 2. The highest BCUT2D eigenvalue weighted by Crippen LogP contribution is 2.46. The molecule has 0 atom stereocenters. The maximum Gasteiger partial charge on any atom is 0.187 e. The number of hydrogen-bond donors (Lipinski definition) is 0. The molecular formula is C17H16FNO. The standard InChI is InChI=1S/C17H16FNO/c18-14-6-3-5-13(11-14)12-17(8-4-9-17)16(20)15-7-1-2-10-19-15/h1-3,5-7,10-11H,4,8-9,12H2. The number of carbonyl (C=O) groups excluding carboxylic acids is 1. The zero-order chi connectivity index (χ0) is 14.0. The number of rotatable bonds is 4. The van der Waals surface area contributed by atoms with Crippen LogP contribution in [0.2, 0.25) is 0 Å². The molecule has 0 radical (unpaired) electrons. The molecule has 3 heteroatoms. The van der Waals surface area contributed by atoms with Crippen LogP contribution in [0.4, 0.5) is 4.39 Å². The summed E-state index contributed by atoms with van der Waals surface area (Å²) >= 11 is 0. The molecule has 0 amide bonds. The summed E-state index contributed by atoms with van der Waals surface area (Å²) < 4.78 is 13.3. The molecule has 0 unspecified atom stereocenters. The van der Waals surface area contributed by atoms with Crippen LogP contribution in [0.1, 0.15) is 35.3 Å². The van der Waals surface area contributed by atoms with Gasteiger partial charge in [-0.15, -0.1) is 0 Å². The maximum atomic E-state index is 13.3. The first-order valence-electron chi connectivity index (χ1n) is 6.90.